The molecule has 142 valence electrons. The van der Waals surface area contributed by atoms with E-state index in [-0.39, 0.29) is 22.7 Å². The van der Waals surface area contributed by atoms with Crippen molar-refractivity contribution in [3.05, 3.63) is 60.2 Å². The van der Waals surface area contributed by atoms with Crippen LogP contribution >= 0.6 is 11.8 Å². The van der Waals surface area contributed by atoms with Gasteiger partial charge in [0.2, 0.25) is 5.91 Å². The Morgan fingerprint density at radius 3 is 2.00 bits per heavy atom. The number of rotatable bonds is 5. The van der Waals surface area contributed by atoms with Gasteiger partial charge in [0.25, 0.3) is 0 Å². The van der Waals surface area contributed by atoms with Crippen LogP contribution in [-0.2, 0) is 4.79 Å². The summed E-state index contributed by atoms with van der Waals surface area (Å²) < 4.78 is 36.8. The largest absolute Gasteiger partial charge is 0.446 e. The number of alkyl halides is 3. The summed E-state index contributed by atoms with van der Waals surface area (Å²) in [5.74, 6) is -0.393. The molecule has 0 heterocycles. The quantitative estimate of drug-likeness (QED) is 0.508. The lowest BCUT2D eigenvalue weighted by atomic mass is 10.2. The topological polar surface area (TPSA) is 70.2 Å². The molecule has 0 aromatic heterocycles. The van der Waals surface area contributed by atoms with Gasteiger partial charge in [0.05, 0.1) is 0 Å². The number of halogens is 3. The molecule has 9 heteroatoms. The van der Waals surface area contributed by atoms with Gasteiger partial charge in [0, 0.05) is 29.4 Å². The SMILES string of the molecule is CNC(=O)Nc1ccc(NC(=O)/C=C/c2ccc(SC(F)(F)F)cc2)cc1. The summed E-state index contributed by atoms with van der Waals surface area (Å²) in [4.78, 5) is 23.2. The molecular formula is C18H16F3N3O2S. The minimum Gasteiger partial charge on any atom is -0.341 e. The first-order chi connectivity index (χ1) is 12.7. The van der Waals surface area contributed by atoms with Crippen molar-refractivity contribution >= 4 is 41.2 Å². The smallest absolute Gasteiger partial charge is 0.341 e. The third-order valence-corrected chi connectivity index (χ3v) is 3.92. The van der Waals surface area contributed by atoms with E-state index < -0.39 is 11.4 Å². The molecule has 27 heavy (non-hydrogen) atoms. The maximum atomic E-state index is 12.3. The standard InChI is InChI=1S/C18H16F3N3O2S/c1-22-17(26)24-14-7-5-13(6-8-14)23-16(25)11-4-12-2-9-15(10-3-12)27-18(19,20)21/h2-11H,1H3,(H,23,25)(H2,22,24,26)/b11-4+. The summed E-state index contributed by atoms with van der Waals surface area (Å²) in [6, 6.07) is 11.8. The van der Waals surface area contributed by atoms with E-state index in [0.29, 0.717) is 16.9 Å². The highest BCUT2D eigenvalue weighted by molar-refractivity contribution is 8.00. The molecule has 0 saturated heterocycles. The number of carbonyl (C=O) groups excluding carboxylic acids is 2. The first-order valence-corrected chi connectivity index (χ1v) is 8.50. The summed E-state index contributed by atoms with van der Waals surface area (Å²) in [7, 11) is 1.50. The van der Waals surface area contributed by atoms with Gasteiger partial charge in [-0.2, -0.15) is 13.2 Å². The Balaban J connectivity index is 1.90. The van der Waals surface area contributed by atoms with Gasteiger partial charge in [-0.15, -0.1) is 0 Å². The molecule has 0 atom stereocenters. The molecular weight excluding hydrogens is 379 g/mol. The Morgan fingerprint density at radius 1 is 0.926 bits per heavy atom. The second kappa shape index (κ2) is 9.13. The molecule has 0 unspecified atom stereocenters. The van der Waals surface area contributed by atoms with E-state index in [1.165, 1.54) is 43.5 Å². The Kier molecular flexibility index (Phi) is 6.89. The van der Waals surface area contributed by atoms with E-state index in [1.807, 2.05) is 0 Å². The highest BCUT2D eigenvalue weighted by Crippen LogP contribution is 2.36. The van der Waals surface area contributed by atoms with Crippen molar-refractivity contribution in [3.8, 4) is 0 Å². The molecule has 2 aromatic carbocycles. The molecule has 0 fully saturated rings. The van der Waals surface area contributed by atoms with Crippen LogP contribution in [0.5, 0.6) is 0 Å². The molecule has 0 radical (unpaired) electrons. The number of carbonyl (C=O) groups is 2. The summed E-state index contributed by atoms with van der Waals surface area (Å²) in [5, 5.41) is 7.65. The number of nitrogens with one attached hydrogen (secondary N) is 3. The average Bonchev–Trinajstić information content (AvgIpc) is 2.61. The fourth-order valence-corrected chi connectivity index (χ4v) is 2.51. The zero-order chi connectivity index (χ0) is 19.9. The van der Waals surface area contributed by atoms with Crippen LogP contribution in [0.1, 0.15) is 5.56 Å². The lowest BCUT2D eigenvalue weighted by Gasteiger charge is -2.06. The summed E-state index contributed by atoms with van der Waals surface area (Å²) in [6.07, 6.45) is 2.78. The van der Waals surface area contributed by atoms with Crippen LogP contribution in [0, 0.1) is 0 Å². The molecule has 3 N–H and O–H groups in total. The van der Waals surface area contributed by atoms with Gasteiger partial charge in [-0.1, -0.05) is 12.1 Å². The summed E-state index contributed by atoms with van der Waals surface area (Å²) >= 11 is -0.192. The van der Waals surface area contributed by atoms with Crippen molar-refractivity contribution in [1.82, 2.24) is 5.32 Å². The molecule has 0 saturated carbocycles. The normalized spacial score (nSPS) is 11.3. The first-order valence-electron chi connectivity index (χ1n) is 7.69. The number of hydrogen-bond acceptors (Lipinski definition) is 3. The third-order valence-electron chi connectivity index (χ3n) is 3.18. The molecule has 0 spiro atoms. The number of amides is 3. The number of urea groups is 1. The molecule has 2 aromatic rings. The summed E-state index contributed by atoms with van der Waals surface area (Å²) in [5.41, 5.74) is -2.63. The molecule has 0 aliphatic heterocycles. The van der Waals surface area contributed by atoms with Gasteiger partial charge in [0.1, 0.15) is 0 Å². The van der Waals surface area contributed by atoms with Crippen molar-refractivity contribution in [2.24, 2.45) is 0 Å². The average molecular weight is 395 g/mol. The number of anilines is 2. The second-order valence-electron chi connectivity index (χ2n) is 5.22. The van der Waals surface area contributed by atoms with Gasteiger partial charge in [-0.05, 0) is 59.8 Å². The van der Waals surface area contributed by atoms with E-state index in [0.717, 1.165) is 0 Å². The van der Waals surface area contributed by atoms with Crippen LogP contribution in [0.3, 0.4) is 0 Å². The fraction of sp³-hybridized carbons (Fsp3) is 0.111. The van der Waals surface area contributed by atoms with Crippen LogP contribution in [0.15, 0.2) is 59.5 Å². The monoisotopic (exact) mass is 395 g/mol. The highest BCUT2D eigenvalue weighted by Gasteiger charge is 2.28. The maximum Gasteiger partial charge on any atom is 0.446 e. The van der Waals surface area contributed by atoms with Crippen LogP contribution in [0.2, 0.25) is 0 Å². The van der Waals surface area contributed by atoms with Crippen LogP contribution < -0.4 is 16.0 Å². The van der Waals surface area contributed by atoms with Gasteiger partial charge < -0.3 is 16.0 Å². The Morgan fingerprint density at radius 2 is 1.48 bits per heavy atom. The van der Waals surface area contributed by atoms with Crippen molar-refractivity contribution < 1.29 is 22.8 Å². The van der Waals surface area contributed by atoms with Gasteiger partial charge in [-0.3, -0.25) is 4.79 Å². The molecule has 3 amide bonds. The van der Waals surface area contributed by atoms with Crippen molar-refractivity contribution in [1.29, 1.82) is 0 Å². The zero-order valence-corrected chi connectivity index (χ0v) is 14.9. The van der Waals surface area contributed by atoms with Crippen molar-refractivity contribution in [2.45, 2.75) is 10.4 Å². The summed E-state index contributed by atoms with van der Waals surface area (Å²) in [6.45, 7) is 0. The van der Waals surface area contributed by atoms with E-state index >= 15 is 0 Å². The molecule has 0 aliphatic carbocycles. The van der Waals surface area contributed by atoms with E-state index in [1.54, 1.807) is 24.3 Å². The minimum absolute atomic E-state index is 0.0783. The lowest BCUT2D eigenvalue weighted by Crippen LogP contribution is -2.24. The molecule has 0 aliphatic rings. The number of hydrogen-bond donors (Lipinski definition) is 3. The van der Waals surface area contributed by atoms with Gasteiger partial charge in [0.15, 0.2) is 0 Å². The number of benzene rings is 2. The minimum atomic E-state index is -4.33. The van der Waals surface area contributed by atoms with Gasteiger partial charge in [-0.25, -0.2) is 4.79 Å². The Bertz CT molecular complexity index is 819. The van der Waals surface area contributed by atoms with Crippen molar-refractivity contribution in [3.63, 3.8) is 0 Å². The molecule has 0 bridgehead atoms. The predicted octanol–water partition coefficient (Wildman–Crippen LogP) is 4.70. The van der Waals surface area contributed by atoms with Gasteiger partial charge >= 0.3 is 11.5 Å². The fourth-order valence-electron chi connectivity index (χ4n) is 1.97. The van der Waals surface area contributed by atoms with Crippen LogP contribution in [0.4, 0.5) is 29.3 Å². The number of thioether (sulfide) groups is 1. The van der Waals surface area contributed by atoms with Crippen molar-refractivity contribution in [2.75, 3.05) is 17.7 Å². The Labute approximate surface area is 158 Å². The van der Waals surface area contributed by atoms with Crippen LogP contribution in [-0.4, -0.2) is 24.5 Å². The first kappa shape index (κ1) is 20.4. The Hall–Kier alpha value is -2.94. The highest BCUT2D eigenvalue weighted by atomic mass is 32.2. The lowest BCUT2D eigenvalue weighted by molar-refractivity contribution is -0.111. The third kappa shape index (κ3) is 7.45. The molecule has 2 rings (SSSR count). The van der Waals surface area contributed by atoms with E-state index in [9.17, 15) is 22.8 Å². The zero-order valence-electron chi connectivity index (χ0n) is 14.1. The maximum absolute atomic E-state index is 12.3. The van der Waals surface area contributed by atoms with Crippen LogP contribution in [0.25, 0.3) is 6.08 Å². The predicted molar refractivity (Wildman–Crippen MR) is 101 cm³/mol. The molecule has 5 nitrogen and oxygen atoms in total. The second-order valence-corrected chi connectivity index (χ2v) is 6.36. The van der Waals surface area contributed by atoms with E-state index in [4.69, 9.17) is 0 Å². The van der Waals surface area contributed by atoms with E-state index in [2.05, 4.69) is 16.0 Å².